The summed E-state index contributed by atoms with van der Waals surface area (Å²) in [7, 11) is 0. The molecule has 0 saturated heterocycles. The molecule has 1 aliphatic heterocycles. The maximum atomic E-state index is 11.2. The Morgan fingerprint density at radius 2 is 2.08 bits per heavy atom. The molecule has 55 valence electrons. The van der Waals surface area contributed by atoms with E-state index in [9.17, 15) is 4.79 Å². The van der Waals surface area contributed by atoms with Crippen LogP contribution < -0.4 is 0 Å². The molecule has 0 aliphatic carbocycles. The van der Waals surface area contributed by atoms with Gasteiger partial charge in [-0.25, -0.2) is 0 Å². The summed E-state index contributed by atoms with van der Waals surface area (Å²) < 4.78 is 0.207. The van der Waals surface area contributed by atoms with Gasteiger partial charge in [0.2, 0.25) is 0 Å². The fourth-order valence-electron chi connectivity index (χ4n) is 1.22. The monoisotopic (exact) mass is 347 g/mol. The van der Waals surface area contributed by atoms with E-state index in [1.165, 1.54) is 0 Å². The zero-order valence-electron chi connectivity index (χ0n) is 6.40. The van der Waals surface area contributed by atoms with E-state index in [2.05, 4.69) is 10.2 Å². The number of carbonyl (C=O) groups is 1. The standard InChI is InChI=1S/C8H5N2O.Hg/c11-8-7-4-2-1-3-6(7)5-9-10-8;/h1-5H;. The van der Waals surface area contributed by atoms with Crippen LogP contribution in [0.15, 0.2) is 34.5 Å². The molecule has 0 bridgehead atoms. The van der Waals surface area contributed by atoms with Crippen molar-refractivity contribution in [2.75, 3.05) is 0 Å². The molecule has 0 aromatic heterocycles. The molecule has 0 saturated carbocycles. The van der Waals surface area contributed by atoms with Crippen molar-refractivity contribution < 1.29 is 30.9 Å². The molecule has 1 aliphatic rings. The van der Waals surface area contributed by atoms with Gasteiger partial charge in [-0.2, -0.15) is 0 Å². The minimum absolute atomic E-state index is 0.202. The fourth-order valence-corrected chi connectivity index (χ4v) is 2.92. The van der Waals surface area contributed by atoms with Crippen LogP contribution in [0.2, 0.25) is 0 Å². The van der Waals surface area contributed by atoms with Crippen molar-refractivity contribution in [3.8, 4) is 0 Å². The van der Waals surface area contributed by atoms with Gasteiger partial charge in [-0.3, -0.25) is 0 Å². The summed E-state index contributed by atoms with van der Waals surface area (Å²) in [5.74, 6) is -0.202. The Hall–Kier alpha value is -0.575. The van der Waals surface area contributed by atoms with Gasteiger partial charge in [0, 0.05) is 0 Å². The Balaban J connectivity index is 2.61. The number of nitrogens with zero attached hydrogens (tertiary/aromatic N) is 2. The van der Waals surface area contributed by atoms with Crippen LogP contribution in [0.3, 0.4) is 0 Å². The van der Waals surface area contributed by atoms with Gasteiger partial charge in [0.1, 0.15) is 0 Å². The van der Waals surface area contributed by atoms with E-state index in [4.69, 9.17) is 0 Å². The summed E-state index contributed by atoms with van der Waals surface area (Å²) in [6, 6.07) is 7.57. The molecule has 0 fully saturated rings. The summed E-state index contributed by atoms with van der Waals surface area (Å²) >= 11 is 0.498. The molecule has 0 spiro atoms. The SMILES string of the molecule is O=C1N=N[CH]([Hg])c2ccccc21. The van der Waals surface area contributed by atoms with E-state index in [0.717, 1.165) is 11.1 Å². The summed E-state index contributed by atoms with van der Waals surface area (Å²) in [6.07, 6.45) is 0. The van der Waals surface area contributed by atoms with Crippen LogP contribution in [0.4, 0.5) is 0 Å². The van der Waals surface area contributed by atoms with E-state index in [-0.39, 0.29) is 9.46 Å². The number of azo groups is 1. The molecule has 1 aromatic carbocycles. The normalized spacial score (nSPS) is 20.8. The third-order valence-electron chi connectivity index (χ3n) is 1.84. The Labute approximate surface area is 85.9 Å². The second kappa shape index (κ2) is 3.05. The quantitative estimate of drug-likeness (QED) is 0.662. The summed E-state index contributed by atoms with van der Waals surface area (Å²) in [6.45, 7) is 0. The van der Waals surface area contributed by atoms with Gasteiger partial charge in [-0.05, 0) is 0 Å². The summed E-state index contributed by atoms with van der Waals surface area (Å²) in [5, 5.41) is 7.50. The summed E-state index contributed by atoms with van der Waals surface area (Å²) in [5.41, 5.74) is 1.79. The molecule has 0 N–H and O–H groups in total. The van der Waals surface area contributed by atoms with Crippen molar-refractivity contribution in [2.45, 2.75) is 3.55 Å². The third kappa shape index (κ3) is 1.22. The van der Waals surface area contributed by atoms with Crippen LogP contribution in [-0.4, -0.2) is 5.91 Å². The van der Waals surface area contributed by atoms with E-state index >= 15 is 0 Å². The average Bonchev–Trinajstić information content (AvgIpc) is 2.12. The van der Waals surface area contributed by atoms with Crippen molar-refractivity contribution in [3.05, 3.63) is 35.4 Å². The van der Waals surface area contributed by atoms with Crippen molar-refractivity contribution >= 4 is 5.91 Å². The van der Waals surface area contributed by atoms with Crippen LogP contribution in [0.1, 0.15) is 19.5 Å². The fraction of sp³-hybridized carbons (Fsp3) is 0.125. The molecular formula is C8H5HgN2O. The Morgan fingerprint density at radius 1 is 1.33 bits per heavy atom. The van der Waals surface area contributed by atoms with Gasteiger partial charge in [-0.1, -0.05) is 0 Å². The molecule has 1 atom stereocenters. The first kappa shape index (κ1) is 8.04. The Bertz CT molecular complexity index is 362. The molecule has 4 heteroatoms. The topological polar surface area (TPSA) is 41.8 Å². The van der Waals surface area contributed by atoms with Crippen LogP contribution in [-0.2, 0) is 26.1 Å². The number of benzene rings is 1. The van der Waals surface area contributed by atoms with Gasteiger partial charge in [0.25, 0.3) is 0 Å². The van der Waals surface area contributed by atoms with Crippen molar-refractivity contribution in [1.82, 2.24) is 0 Å². The van der Waals surface area contributed by atoms with E-state index in [1.54, 1.807) is 0 Å². The predicted molar refractivity (Wildman–Crippen MR) is 38.4 cm³/mol. The molecule has 1 unspecified atom stereocenters. The number of hydrogen-bond donors (Lipinski definition) is 0. The number of fused-ring (bicyclic) bond motifs is 1. The number of carbonyl (C=O) groups excluding carboxylic acids is 1. The Morgan fingerprint density at radius 3 is 2.83 bits per heavy atom. The minimum atomic E-state index is -0.202. The number of amides is 1. The van der Waals surface area contributed by atoms with Gasteiger partial charge >= 0.3 is 86.0 Å². The second-order valence-electron chi connectivity index (χ2n) is 2.62. The predicted octanol–water partition coefficient (Wildman–Crippen LogP) is 1.84. The molecule has 3 nitrogen and oxygen atoms in total. The maximum absolute atomic E-state index is 11.2. The zero-order chi connectivity index (χ0) is 8.55. The summed E-state index contributed by atoms with van der Waals surface area (Å²) in [4.78, 5) is 11.2. The molecule has 1 aromatic rings. The zero-order valence-corrected chi connectivity index (χ0v) is 11.9. The van der Waals surface area contributed by atoms with Crippen LogP contribution in [0.5, 0.6) is 0 Å². The molecular weight excluding hydrogens is 341 g/mol. The molecule has 1 heterocycles. The number of rotatable bonds is 0. The average molecular weight is 346 g/mol. The van der Waals surface area contributed by atoms with Crippen molar-refractivity contribution in [1.29, 1.82) is 0 Å². The van der Waals surface area contributed by atoms with E-state index in [1.807, 2.05) is 24.3 Å². The first-order valence-electron chi connectivity index (χ1n) is 3.66. The van der Waals surface area contributed by atoms with Gasteiger partial charge in [0.15, 0.2) is 0 Å². The van der Waals surface area contributed by atoms with Crippen molar-refractivity contribution in [3.63, 3.8) is 0 Å². The van der Waals surface area contributed by atoms with Gasteiger partial charge < -0.3 is 0 Å². The molecule has 0 radical (unpaired) electrons. The van der Waals surface area contributed by atoms with Crippen LogP contribution in [0.25, 0.3) is 0 Å². The van der Waals surface area contributed by atoms with Gasteiger partial charge in [-0.15, -0.1) is 0 Å². The van der Waals surface area contributed by atoms with Crippen molar-refractivity contribution in [2.24, 2.45) is 10.2 Å². The molecule has 1 amide bonds. The van der Waals surface area contributed by atoms with E-state index in [0.29, 0.717) is 26.1 Å². The molecule has 12 heavy (non-hydrogen) atoms. The second-order valence-corrected chi connectivity index (χ2v) is 5.63. The number of hydrogen-bond acceptors (Lipinski definition) is 2. The van der Waals surface area contributed by atoms with Crippen LogP contribution in [0, 0.1) is 0 Å². The molecule has 2 rings (SSSR count). The third-order valence-corrected chi connectivity index (χ3v) is 4.18. The van der Waals surface area contributed by atoms with E-state index < -0.39 is 0 Å². The van der Waals surface area contributed by atoms with Crippen LogP contribution >= 0.6 is 0 Å². The first-order chi connectivity index (χ1) is 5.79. The Kier molecular flexibility index (Phi) is 2.04. The first-order valence-corrected chi connectivity index (χ1v) is 6.83. The van der Waals surface area contributed by atoms with Gasteiger partial charge in [0.05, 0.1) is 0 Å².